The Kier molecular flexibility index (Phi) is 4.17. The van der Waals surface area contributed by atoms with Gasteiger partial charge in [-0.2, -0.15) is 0 Å². The number of halogens is 1. The van der Waals surface area contributed by atoms with Crippen LogP contribution in [0.1, 0.15) is 17.0 Å². The van der Waals surface area contributed by atoms with E-state index in [-0.39, 0.29) is 16.9 Å². The van der Waals surface area contributed by atoms with Gasteiger partial charge in [-0.25, -0.2) is 12.7 Å². The lowest BCUT2D eigenvalue weighted by atomic mass is 10.3. The van der Waals surface area contributed by atoms with Gasteiger partial charge in [-0.15, -0.1) is 0 Å². The highest BCUT2D eigenvalue weighted by molar-refractivity contribution is 7.88. The minimum absolute atomic E-state index is 0.163. The van der Waals surface area contributed by atoms with E-state index in [4.69, 9.17) is 16.0 Å². The summed E-state index contributed by atoms with van der Waals surface area (Å²) < 4.78 is 29.4. The van der Waals surface area contributed by atoms with Crippen molar-refractivity contribution < 1.29 is 17.6 Å². The number of nitrogens with zero attached hydrogens (tertiary/aromatic N) is 2. The van der Waals surface area contributed by atoms with Crippen molar-refractivity contribution >= 4 is 27.5 Å². The maximum atomic E-state index is 12.1. The summed E-state index contributed by atoms with van der Waals surface area (Å²) in [4.78, 5) is 13.7. The molecule has 1 saturated heterocycles. The van der Waals surface area contributed by atoms with Gasteiger partial charge in [0.25, 0.3) is 5.91 Å². The third-order valence-electron chi connectivity index (χ3n) is 3.00. The van der Waals surface area contributed by atoms with E-state index < -0.39 is 10.0 Å². The predicted molar refractivity (Wildman–Crippen MR) is 70.7 cm³/mol. The highest BCUT2D eigenvalue weighted by Gasteiger charge is 2.25. The lowest BCUT2D eigenvalue weighted by molar-refractivity contribution is 0.0732. The number of carbonyl (C=O) groups is 1. The molecule has 1 aliphatic heterocycles. The Balaban J connectivity index is 2.05. The molecule has 0 saturated carbocycles. The summed E-state index contributed by atoms with van der Waals surface area (Å²) in [5, 5.41) is 0.163. The van der Waals surface area contributed by atoms with Crippen LogP contribution >= 0.6 is 11.6 Å². The summed E-state index contributed by atoms with van der Waals surface area (Å²) in [5.41, 5.74) is 0. The monoisotopic (exact) mass is 306 g/mol. The zero-order valence-electron chi connectivity index (χ0n) is 10.5. The minimum Gasteiger partial charge on any atom is -0.440 e. The summed E-state index contributed by atoms with van der Waals surface area (Å²) in [5.74, 6) is -0.0833. The molecule has 1 aromatic rings. The second-order valence-corrected chi connectivity index (χ2v) is 6.77. The molecule has 2 heterocycles. The third kappa shape index (κ3) is 3.49. The maximum absolute atomic E-state index is 12.1. The fraction of sp³-hybridized carbons (Fsp3) is 0.545. The first-order valence-corrected chi connectivity index (χ1v) is 8.10. The quantitative estimate of drug-likeness (QED) is 0.818. The van der Waals surface area contributed by atoms with Crippen LogP contribution in [0.5, 0.6) is 0 Å². The molecule has 1 fully saturated rings. The summed E-state index contributed by atoms with van der Waals surface area (Å²) >= 11 is 5.63. The smallest absolute Gasteiger partial charge is 0.289 e. The van der Waals surface area contributed by atoms with Crippen molar-refractivity contribution in [3.63, 3.8) is 0 Å². The lowest BCUT2D eigenvalue weighted by Crippen LogP contribution is -2.36. The van der Waals surface area contributed by atoms with Crippen molar-refractivity contribution in [1.29, 1.82) is 0 Å². The molecule has 1 aromatic heterocycles. The Morgan fingerprint density at radius 3 is 2.58 bits per heavy atom. The van der Waals surface area contributed by atoms with Crippen molar-refractivity contribution in [1.82, 2.24) is 9.21 Å². The summed E-state index contributed by atoms with van der Waals surface area (Å²) in [6, 6.07) is 3.03. The summed E-state index contributed by atoms with van der Waals surface area (Å²) in [7, 11) is -3.21. The van der Waals surface area contributed by atoms with Crippen LogP contribution in [0.3, 0.4) is 0 Å². The lowest BCUT2D eigenvalue weighted by Gasteiger charge is -2.19. The van der Waals surface area contributed by atoms with Crippen molar-refractivity contribution in [2.75, 3.05) is 32.4 Å². The molecule has 0 radical (unpaired) electrons. The van der Waals surface area contributed by atoms with Gasteiger partial charge in [0.2, 0.25) is 10.0 Å². The highest BCUT2D eigenvalue weighted by Crippen LogP contribution is 2.16. The van der Waals surface area contributed by atoms with Crippen LogP contribution in [-0.2, 0) is 10.0 Å². The molecule has 19 heavy (non-hydrogen) atoms. The number of rotatable bonds is 2. The van der Waals surface area contributed by atoms with Crippen LogP contribution in [0.15, 0.2) is 16.5 Å². The molecule has 106 valence electrons. The Labute approximate surface area is 117 Å². The summed E-state index contributed by atoms with van der Waals surface area (Å²) in [6.07, 6.45) is 1.78. The van der Waals surface area contributed by atoms with E-state index in [9.17, 15) is 13.2 Å². The van der Waals surface area contributed by atoms with E-state index in [0.717, 1.165) is 0 Å². The van der Waals surface area contributed by atoms with E-state index in [2.05, 4.69) is 0 Å². The van der Waals surface area contributed by atoms with E-state index in [1.807, 2.05) is 0 Å². The number of carbonyl (C=O) groups excluding carboxylic acids is 1. The molecule has 8 heteroatoms. The van der Waals surface area contributed by atoms with Gasteiger partial charge in [0.1, 0.15) is 0 Å². The average Bonchev–Trinajstić information content (AvgIpc) is 2.62. The topological polar surface area (TPSA) is 70.8 Å². The van der Waals surface area contributed by atoms with Crippen molar-refractivity contribution in [3.05, 3.63) is 23.1 Å². The molecule has 1 aliphatic rings. The fourth-order valence-corrected chi connectivity index (χ4v) is 3.03. The van der Waals surface area contributed by atoms with Crippen molar-refractivity contribution in [3.8, 4) is 0 Å². The number of amides is 1. The Morgan fingerprint density at radius 2 is 2.00 bits per heavy atom. The van der Waals surface area contributed by atoms with Crippen molar-refractivity contribution in [2.45, 2.75) is 6.42 Å². The molecule has 0 spiro atoms. The molecule has 0 unspecified atom stereocenters. The molecule has 1 amide bonds. The molecular formula is C11H15ClN2O4S. The molecule has 0 atom stereocenters. The van der Waals surface area contributed by atoms with E-state index in [1.165, 1.54) is 22.7 Å². The van der Waals surface area contributed by atoms with E-state index in [1.54, 1.807) is 4.90 Å². The zero-order valence-corrected chi connectivity index (χ0v) is 12.1. The van der Waals surface area contributed by atoms with Crippen LogP contribution in [0.2, 0.25) is 5.22 Å². The number of furan rings is 1. The Hall–Kier alpha value is -1.05. The number of hydrogen-bond acceptors (Lipinski definition) is 4. The van der Waals surface area contributed by atoms with Crippen molar-refractivity contribution in [2.24, 2.45) is 0 Å². The SMILES string of the molecule is CS(=O)(=O)N1CCCN(C(=O)c2ccc(Cl)o2)CC1. The van der Waals surface area contributed by atoms with E-state index >= 15 is 0 Å². The molecular weight excluding hydrogens is 292 g/mol. The average molecular weight is 307 g/mol. The van der Waals surface area contributed by atoms with E-state index in [0.29, 0.717) is 32.6 Å². The maximum Gasteiger partial charge on any atom is 0.289 e. The predicted octanol–water partition coefficient (Wildman–Crippen LogP) is 1.04. The van der Waals surface area contributed by atoms with Gasteiger partial charge in [0.05, 0.1) is 6.26 Å². The minimum atomic E-state index is -3.21. The molecule has 0 aliphatic carbocycles. The molecule has 0 aromatic carbocycles. The van der Waals surface area contributed by atoms with Crippen LogP contribution in [0.25, 0.3) is 0 Å². The van der Waals surface area contributed by atoms with Crippen LogP contribution in [0, 0.1) is 0 Å². The number of sulfonamides is 1. The van der Waals surface area contributed by atoms with Crippen LogP contribution in [0.4, 0.5) is 0 Å². The van der Waals surface area contributed by atoms with Gasteiger partial charge in [-0.05, 0) is 30.2 Å². The first-order chi connectivity index (χ1) is 8.88. The molecule has 0 N–H and O–H groups in total. The molecule has 6 nitrogen and oxygen atoms in total. The highest BCUT2D eigenvalue weighted by atomic mass is 35.5. The van der Waals surface area contributed by atoms with Gasteiger partial charge in [-0.3, -0.25) is 4.79 Å². The van der Waals surface area contributed by atoms with Gasteiger partial charge < -0.3 is 9.32 Å². The standard InChI is InChI=1S/C11H15ClN2O4S/c1-19(16,17)14-6-2-5-13(7-8-14)11(15)9-3-4-10(12)18-9/h3-4H,2,5-8H2,1H3. The first-order valence-electron chi connectivity index (χ1n) is 5.87. The molecule has 0 bridgehead atoms. The van der Waals surface area contributed by atoms with Crippen LogP contribution < -0.4 is 0 Å². The van der Waals surface area contributed by atoms with Gasteiger partial charge in [-0.1, -0.05) is 0 Å². The number of hydrogen-bond donors (Lipinski definition) is 0. The second kappa shape index (κ2) is 5.52. The zero-order chi connectivity index (χ0) is 14.0. The fourth-order valence-electron chi connectivity index (χ4n) is 2.01. The third-order valence-corrected chi connectivity index (χ3v) is 4.50. The normalized spacial score (nSPS) is 18.3. The van der Waals surface area contributed by atoms with Gasteiger partial charge in [0, 0.05) is 26.2 Å². The Bertz CT molecular complexity index is 569. The molecule has 2 rings (SSSR count). The second-order valence-electron chi connectivity index (χ2n) is 4.41. The van der Waals surface area contributed by atoms with Gasteiger partial charge >= 0.3 is 0 Å². The Morgan fingerprint density at radius 1 is 1.26 bits per heavy atom. The van der Waals surface area contributed by atoms with Crippen LogP contribution in [-0.4, -0.2) is 56.0 Å². The van der Waals surface area contributed by atoms with Gasteiger partial charge in [0.15, 0.2) is 11.0 Å². The largest absolute Gasteiger partial charge is 0.440 e. The first kappa shape index (κ1) is 14.4. The summed E-state index contributed by atoms with van der Waals surface area (Å²) in [6.45, 7) is 1.59.